The summed E-state index contributed by atoms with van der Waals surface area (Å²) in [5.74, 6) is 0. The van der Waals surface area contributed by atoms with E-state index in [-0.39, 0.29) is 1.43 Å². The summed E-state index contributed by atoms with van der Waals surface area (Å²) in [6.07, 6.45) is 0. The van der Waals surface area contributed by atoms with E-state index in [2.05, 4.69) is 0 Å². The molecular weight excluding hydrogens is 381 g/mol. The second-order valence-corrected chi connectivity index (χ2v) is 9.30. The predicted octanol–water partition coefficient (Wildman–Crippen LogP) is 5.64. The van der Waals surface area contributed by atoms with E-state index < -0.39 is 27.3 Å². The molecule has 0 aromatic rings. The van der Waals surface area contributed by atoms with E-state index in [1.807, 2.05) is 0 Å². The third kappa shape index (κ3) is 9690. The Kier molecular flexibility index (Phi) is 2.68. The standard InChI is InChI=1S/F6P.6FH.Sb/c1-7(2,3,4,5)6;;;;;;;/h;6*1H;/q-1;;;;;;;+5/p-5. The molecule has 0 bridgehead atoms. The van der Waals surface area contributed by atoms with Gasteiger partial charge in [-0.1, -0.05) is 0 Å². The molecular formula is HF12PSb-. The molecule has 0 fully saturated rings. The fourth-order valence-electron chi connectivity index (χ4n) is 0. The zero-order chi connectivity index (χ0) is 12.8. The molecule has 0 amide bonds. The van der Waals surface area contributed by atoms with Crippen LogP contribution in [0.4, 0.5) is 42.1 Å². The van der Waals surface area contributed by atoms with Crippen molar-refractivity contribution in [3.8, 4) is 0 Å². The molecule has 0 aromatic carbocycles. The summed E-state index contributed by atoms with van der Waals surface area (Å²) in [5.41, 5.74) is 0. The molecule has 14 heteroatoms. The van der Waals surface area contributed by atoms with Crippen molar-refractivity contribution in [2.24, 2.45) is 0 Å². The summed E-state index contributed by atoms with van der Waals surface area (Å²) in [5, 5.41) is 0. The normalized spacial score (nSPS) is 23.1. The Morgan fingerprint density at radius 1 is 0.571 bits per heavy atom. The summed E-state index contributed by atoms with van der Waals surface area (Å²) in [7, 11) is -10.7. The molecule has 0 aliphatic rings. The van der Waals surface area contributed by atoms with Crippen LogP contribution < -0.4 is 0 Å². The molecule has 0 atom stereocenters. The predicted molar refractivity (Wildman–Crippen MR) is 27.1 cm³/mol. The Bertz CT molecular complexity index is 163. The summed E-state index contributed by atoms with van der Waals surface area (Å²) in [6, 6.07) is 0. The van der Waals surface area contributed by atoms with E-state index in [1.165, 1.54) is 0 Å². The van der Waals surface area contributed by atoms with Crippen LogP contribution in [0.15, 0.2) is 0 Å². The molecule has 0 rings (SSSR count). The van der Waals surface area contributed by atoms with E-state index in [0.717, 1.165) is 0 Å². The van der Waals surface area contributed by atoms with Crippen molar-refractivity contribution in [1.29, 1.82) is 0 Å². The first-order chi connectivity index (χ1) is 4.90. The maximum atomic E-state index is 9.93. The van der Waals surface area contributed by atoms with Crippen LogP contribution >= 0.6 is 7.81 Å². The number of halogens is 12. The average Bonchev–Trinajstić information content (AvgIpc) is 0.938. The van der Waals surface area contributed by atoms with Gasteiger partial charge in [0.2, 0.25) is 0 Å². The number of hydrogen-bond acceptors (Lipinski definition) is 0. The maximum absolute atomic E-state index is 11.2. The van der Waals surface area contributed by atoms with Gasteiger partial charge in [0.15, 0.2) is 0 Å². The molecule has 0 heterocycles. The molecule has 0 saturated heterocycles. The number of rotatable bonds is 0. The molecule has 0 spiro atoms. The Morgan fingerprint density at radius 2 is 0.571 bits per heavy atom. The Labute approximate surface area is 71.5 Å². The minimum Gasteiger partial charge on any atom is 1.00 e. The molecule has 0 saturated carbocycles. The van der Waals surface area contributed by atoms with E-state index in [9.17, 15) is 42.1 Å². The van der Waals surface area contributed by atoms with Crippen LogP contribution in [0.1, 0.15) is 1.43 Å². The first kappa shape index (κ1) is 16.8. The van der Waals surface area contributed by atoms with Gasteiger partial charge in [-0.25, -0.2) is 0 Å². The van der Waals surface area contributed by atoms with Gasteiger partial charge >= 0.3 is 70.8 Å². The van der Waals surface area contributed by atoms with Crippen LogP contribution in [0.2, 0.25) is 0 Å². The van der Waals surface area contributed by atoms with Gasteiger partial charge in [-0.05, 0) is 0 Å². The van der Waals surface area contributed by atoms with Crippen molar-refractivity contribution in [3.63, 3.8) is 0 Å². The zero-order valence-corrected chi connectivity index (χ0v) is 8.88. The third-order valence-corrected chi connectivity index (χ3v) is 0. The molecule has 96 valence electrons. The minimum atomic E-state index is -11.2. The summed E-state index contributed by atoms with van der Waals surface area (Å²) in [6.45, 7) is 0. The summed E-state index contributed by atoms with van der Waals surface area (Å²) < 4.78 is 119. The maximum Gasteiger partial charge on any atom is 1.00 e. The van der Waals surface area contributed by atoms with Crippen molar-refractivity contribution >= 4 is 27.3 Å². The minimum absolute atomic E-state index is 0. The summed E-state index contributed by atoms with van der Waals surface area (Å²) in [4.78, 5) is 0. The van der Waals surface area contributed by atoms with Crippen LogP contribution in [-0.4, -0.2) is 19.5 Å². The molecule has 0 aromatic heterocycles. The molecule has 0 N–H and O–H groups in total. The van der Waals surface area contributed by atoms with Crippen molar-refractivity contribution in [2.75, 3.05) is 0 Å². The second kappa shape index (κ2) is 2.23. The first-order valence-corrected chi connectivity index (χ1v) is 9.85. The van der Waals surface area contributed by atoms with Gasteiger partial charge in [-0.2, -0.15) is 0 Å². The Balaban J connectivity index is -0.000000180. The van der Waals surface area contributed by atoms with Crippen LogP contribution in [0.3, 0.4) is 0 Å². The third-order valence-electron chi connectivity index (χ3n) is 0. The van der Waals surface area contributed by atoms with Gasteiger partial charge in [0.05, 0.1) is 0 Å². The molecule has 14 heavy (non-hydrogen) atoms. The monoisotopic (exact) mass is 381 g/mol. The van der Waals surface area contributed by atoms with Gasteiger partial charge in [-0.15, -0.1) is 0 Å². The van der Waals surface area contributed by atoms with Crippen LogP contribution in [0.25, 0.3) is 0 Å². The van der Waals surface area contributed by atoms with Gasteiger partial charge in [-0.3, -0.25) is 0 Å². The van der Waals surface area contributed by atoms with Crippen molar-refractivity contribution in [3.05, 3.63) is 0 Å². The van der Waals surface area contributed by atoms with Crippen LogP contribution in [-0.2, 0) is 0 Å². The van der Waals surface area contributed by atoms with Crippen LogP contribution in [0, 0.1) is 0 Å². The zero-order valence-electron chi connectivity index (χ0n) is 6.43. The van der Waals surface area contributed by atoms with E-state index in [1.54, 1.807) is 0 Å². The first-order valence-electron chi connectivity index (χ1n) is 2.03. The van der Waals surface area contributed by atoms with Crippen molar-refractivity contribution in [2.45, 2.75) is 0 Å². The van der Waals surface area contributed by atoms with Crippen LogP contribution in [0.5, 0.6) is 0 Å². The van der Waals surface area contributed by atoms with E-state index in [4.69, 9.17) is 0 Å². The second-order valence-electron chi connectivity index (χ2n) is 1.92. The fraction of sp³-hybridized carbons (Fsp3) is 0. The van der Waals surface area contributed by atoms with Crippen molar-refractivity contribution < 1.29 is 43.5 Å². The molecule has 0 unspecified atom stereocenters. The van der Waals surface area contributed by atoms with Gasteiger partial charge in [0.25, 0.3) is 0 Å². The van der Waals surface area contributed by atoms with Gasteiger partial charge < -0.3 is 0 Å². The Morgan fingerprint density at radius 3 is 0.571 bits per heavy atom. The molecule has 0 radical (unpaired) electrons. The fourth-order valence-corrected chi connectivity index (χ4v) is 0. The topological polar surface area (TPSA) is 0 Å². The van der Waals surface area contributed by atoms with Crippen molar-refractivity contribution in [1.82, 2.24) is 0 Å². The largest absolute Gasteiger partial charge is 1.00 e. The van der Waals surface area contributed by atoms with Gasteiger partial charge in [0, 0.05) is 0 Å². The van der Waals surface area contributed by atoms with Gasteiger partial charge in [0.1, 0.15) is 0 Å². The van der Waals surface area contributed by atoms with E-state index in [0.29, 0.717) is 0 Å². The molecule has 0 nitrogen and oxygen atoms in total. The smallest absolute Gasteiger partial charge is 1.00 e. The quantitative estimate of drug-likeness (QED) is 0.289. The number of hydrogen-bond donors (Lipinski definition) is 0. The van der Waals surface area contributed by atoms with E-state index >= 15 is 0 Å². The SMILES string of the molecule is F[P-](F)(F)(F)(F)F.[F][Sb-]([F])([F])([F])([F])[F].[H+]. The molecule has 0 aliphatic heterocycles. The Hall–Kier alpha value is 0.408. The summed E-state index contributed by atoms with van der Waals surface area (Å²) >= 11 is -11.2. The average molecular weight is 382 g/mol. The molecule has 0 aliphatic carbocycles.